The molecule has 0 N–H and O–H groups in total. The number of halogens is 3. The lowest BCUT2D eigenvalue weighted by atomic mass is 9.71. The van der Waals surface area contributed by atoms with E-state index >= 15 is 4.39 Å². The zero-order valence-corrected chi connectivity index (χ0v) is 25.5. The molecule has 1 nitrogen and oxygen atoms in total. The van der Waals surface area contributed by atoms with Crippen LogP contribution in [0.1, 0.15) is 89.5 Å². The SMILES string of the molecule is C=CC1CCC(C2CC=C(c3ccc(-c4ccc(-c5ccc(OCCCCCCC)c(F)c5F)cc4)c(F)c3)CC2)CC1. The Morgan fingerprint density at radius 1 is 0.744 bits per heavy atom. The van der Waals surface area contributed by atoms with E-state index in [-0.39, 0.29) is 17.1 Å². The van der Waals surface area contributed by atoms with Gasteiger partial charge in [0.2, 0.25) is 5.82 Å². The van der Waals surface area contributed by atoms with E-state index in [9.17, 15) is 8.78 Å². The molecule has 0 bridgehead atoms. The molecule has 3 aromatic rings. The molecule has 1 fully saturated rings. The van der Waals surface area contributed by atoms with Crippen LogP contribution in [0, 0.1) is 35.2 Å². The molecule has 3 aromatic carbocycles. The molecule has 43 heavy (non-hydrogen) atoms. The lowest BCUT2D eigenvalue weighted by Gasteiger charge is -2.34. The maximum atomic E-state index is 15.3. The van der Waals surface area contributed by atoms with Gasteiger partial charge in [-0.05, 0) is 110 Å². The second-order valence-electron chi connectivity index (χ2n) is 12.4. The summed E-state index contributed by atoms with van der Waals surface area (Å²) in [5, 5.41) is 0. The third-order valence-electron chi connectivity index (χ3n) is 9.67. The minimum absolute atomic E-state index is 0.0604. The van der Waals surface area contributed by atoms with Crippen LogP contribution in [0.3, 0.4) is 0 Å². The number of hydrogen-bond acceptors (Lipinski definition) is 1. The number of unbranched alkanes of at least 4 members (excludes halogenated alkanes) is 4. The second kappa shape index (κ2) is 14.9. The lowest BCUT2D eigenvalue weighted by Crippen LogP contribution is -2.22. The minimum atomic E-state index is -0.972. The predicted octanol–water partition coefficient (Wildman–Crippen LogP) is 12.0. The number of benzene rings is 3. The molecular formula is C39H45F3O. The van der Waals surface area contributed by atoms with Crippen LogP contribution in [0.2, 0.25) is 0 Å². The van der Waals surface area contributed by atoms with Crippen molar-refractivity contribution in [3.8, 4) is 28.0 Å². The topological polar surface area (TPSA) is 9.23 Å². The second-order valence-corrected chi connectivity index (χ2v) is 12.4. The van der Waals surface area contributed by atoms with Crippen molar-refractivity contribution in [1.82, 2.24) is 0 Å². The average molecular weight is 587 g/mol. The Kier molecular flexibility index (Phi) is 10.8. The maximum Gasteiger partial charge on any atom is 0.201 e. The molecule has 5 rings (SSSR count). The van der Waals surface area contributed by atoms with Gasteiger partial charge in [0, 0.05) is 11.1 Å². The number of allylic oxidation sites excluding steroid dienone is 3. The third-order valence-corrected chi connectivity index (χ3v) is 9.67. The van der Waals surface area contributed by atoms with Gasteiger partial charge in [-0.25, -0.2) is 8.78 Å². The van der Waals surface area contributed by atoms with Gasteiger partial charge >= 0.3 is 0 Å². The van der Waals surface area contributed by atoms with E-state index < -0.39 is 11.6 Å². The maximum absolute atomic E-state index is 15.3. The molecule has 1 atom stereocenters. The van der Waals surface area contributed by atoms with Gasteiger partial charge in [-0.3, -0.25) is 0 Å². The molecule has 0 aromatic heterocycles. The van der Waals surface area contributed by atoms with E-state index in [1.54, 1.807) is 36.4 Å². The summed E-state index contributed by atoms with van der Waals surface area (Å²) in [6.45, 7) is 6.49. The van der Waals surface area contributed by atoms with Gasteiger partial charge in [0.15, 0.2) is 11.6 Å². The van der Waals surface area contributed by atoms with Gasteiger partial charge in [0.05, 0.1) is 6.61 Å². The van der Waals surface area contributed by atoms with E-state index in [0.29, 0.717) is 29.2 Å². The number of ether oxygens (including phenoxy) is 1. The Morgan fingerprint density at radius 3 is 2.07 bits per heavy atom. The van der Waals surface area contributed by atoms with Gasteiger partial charge in [-0.15, -0.1) is 6.58 Å². The Hall–Kier alpha value is -3.27. The molecule has 0 saturated heterocycles. The van der Waals surface area contributed by atoms with E-state index in [4.69, 9.17) is 4.74 Å². The first-order valence-corrected chi connectivity index (χ1v) is 16.3. The van der Waals surface area contributed by atoms with Crippen LogP contribution in [0.15, 0.2) is 73.3 Å². The molecular weight excluding hydrogens is 541 g/mol. The van der Waals surface area contributed by atoms with Crippen molar-refractivity contribution in [3.63, 3.8) is 0 Å². The zero-order chi connectivity index (χ0) is 30.2. The summed E-state index contributed by atoms with van der Waals surface area (Å²) in [6.07, 6.45) is 18.1. The first-order valence-electron chi connectivity index (χ1n) is 16.3. The molecule has 228 valence electrons. The van der Waals surface area contributed by atoms with E-state index in [1.165, 1.54) is 50.2 Å². The zero-order valence-electron chi connectivity index (χ0n) is 25.5. The Morgan fingerprint density at radius 2 is 1.42 bits per heavy atom. The highest BCUT2D eigenvalue weighted by Gasteiger charge is 2.28. The fraction of sp³-hybridized carbons (Fsp3) is 0.436. The first kappa shape index (κ1) is 31.2. The van der Waals surface area contributed by atoms with Crippen LogP contribution < -0.4 is 4.74 Å². The summed E-state index contributed by atoms with van der Waals surface area (Å²) in [5.74, 6) is -0.00970. The van der Waals surface area contributed by atoms with Crippen molar-refractivity contribution in [2.24, 2.45) is 17.8 Å². The van der Waals surface area contributed by atoms with Crippen LogP contribution in [-0.4, -0.2) is 6.61 Å². The highest BCUT2D eigenvalue weighted by atomic mass is 19.2. The number of hydrogen-bond donors (Lipinski definition) is 0. The van der Waals surface area contributed by atoms with Crippen LogP contribution >= 0.6 is 0 Å². The van der Waals surface area contributed by atoms with Gasteiger partial charge < -0.3 is 4.74 Å². The highest BCUT2D eigenvalue weighted by Crippen LogP contribution is 2.42. The fourth-order valence-corrected chi connectivity index (χ4v) is 6.93. The van der Waals surface area contributed by atoms with Gasteiger partial charge in [-0.1, -0.05) is 81.2 Å². The molecule has 2 aliphatic rings. The van der Waals surface area contributed by atoms with Crippen LogP contribution in [0.5, 0.6) is 5.75 Å². The van der Waals surface area contributed by atoms with Crippen molar-refractivity contribution in [2.75, 3.05) is 6.61 Å². The molecule has 2 aliphatic carbocycles. The van der Waals surface area contributed by atoms with Crippen molar-refractivity contribution in [3.05, 3.63) is 96.3 Å². The van der Waals surface area contributed by atoms with Crippen LogP contribution in [-0.2, 0) is 0 Å². The highest BCUT2D eigenvalue weighted by molar-refractivity contribution is 5.74. The molecule has 0 radical (unpaired) electrons. The molecule has 0 spiro atoms. The van der Waals surface area contributed by atoms with Gasteiger partial charge in [-0.2, -0.15) is 4.39 Å². The average Bonchev–Trinajstić information content (AvgIpc) is 3.05. The smallest absolute Gasteiger partial charge is 0.201 e. The summed E-state index contributed by atoms with van der Waals surface area (Å²) in [7, 11) is 0. The van der Waals surface area contributed by atoms with Crippen molar-refractivity contribution >= 4 is 5.57 Å². The molecule has 0 heterocycles. The summed E-state index contributed by atoms with van der Waals surface area (Å²) >= 11 is 0. The van der Waals surface area contributed by atoms with E-state index in [0.717, 1.165) is 55.9 Å². The molecule has 1 unspecified atom stereocenters. The van der Waals surface area contributed by atoms with E-state index in [2.05, 4.69) is 25.7 Å². The normalized spacial score (nSPS) is 20.5. The molecule has 1 saturated carbocycles. The van der Waals surface area contributed by atoms with Crippen LogP contribution in [0.4, 0.5) is 13.2 Å². The summed E-state index contributed by atoms with van der Waals surface area (Å²) < 4.78 is 50.6. The standard InChI is InChI=1S/C39H45F3O/c1-3-5-6-7-8-25-43-37-24-23-35(38(41)39(37)42)32-19-17-31(18-20-32)34-22-21-33(26-36(34)40)30-15-13-29(14-16-30)28-11-9-27(4-2)10-12-28/h4,15,17-24,26-29H,2-3,5-14,16,25H2,1H3. The van der Waals surface area contributed by atoms with Crippen molar-refractivity contribution < 1.29 is 17.9 Å². The number of rotatable bonds is 12. The molecule has 4 heteroatoms. The minimum Gasteiger partial charge on any atom is -0.490 e. The third kappa shape index (κ3) is 7.63. The summed E-state index contributed by atoms with van der Waals surface area (Å²) in [4.78, 5) is 0. The molecule has 0 amide bonds. The van der Waals surface area contributed by atoms with Gasteiger partial charge in [0.1, 0.15) is 5.82 Å². The summed E-state index contributed by atoms with van der Waals surface area (Å²) in [6, 6.07) is 15.5. The monoisotopic (exact) mass is 586 g/mol. The Balaban J connectivity index is 1.21. The van der Waals surface area contributed by atoms with Gasteiger partial charge in [0.25, 0.3) is 0 Å². The van der Waals surface area contributed by atoms with E-state index in [1.807, 2.05) is 12.1 Å². The predicted molar refractivity (Wildman–Crippen MR) is 172 cm³/mol. The Labute approximate surface area is 255 Å². The molecule has 0 aliphatic heterocycles. The summed E-state index contributed by atoms with van der Waals surface area (Å²) in [5.41, 5.74) is 4.07. The quantitative estimate of drug-likeness (QED) is 0.151. The van der Waals surface area contributed by atoms with Crippen LogP contribution in [0.25, 0.3) is 27.8 Å². The van der Waals surface area contributed by atoms with Crippen molar-refractivity contribution in [1.29, 1.82) is 0 Å². The fourth-order valence-electron chi connectivity index (χ4n) is 6.93. The largest absolute Gasteiger partial charge is 0.490 e. The Bertz CT molecular complexity index is 1400. The first-order chi connectivity index (χ1) is 21.0. The lowest BCUT2D eigenvalue weighted by molar-refractivity contribution is 0.212. The van der Waals surface area contributed by atoms with Crippen molar-refractivity contribution in [2.45, 2.75) is 84.0 Å².